The van der Waals surface area contributed by atoms with Crippen LogP contribution in [0.3, 0.4) is 0 Å². The number of anilines is 1. The Hall–Kier alpha value is -1.62. The van der Waals surface area contributed by atoms with Crippen molar-refractivity contribution in [2.24, 2.45) is 5.73 Å². The number of benzene rings is 1. The second-order valence-electron chi connectivity index (χ2n) is 3.95. The number of carbonyl (C=O) groups excluding carboxylic acids is 1. The number of urea groups is 1. The Morgan fingerprint density at radius 1 is 1.53 bits per heavy atom. The Morgan fingerprint density at radius 2 is 2.18 bits per heavy atom. The fourth-order valence-electron chi connectivity index (χ4n) is 1.40. The fourth-order valence-corrected chi connectivity index (χ4v) is 1.40. The van der Waals surface area contributed by atoms with E-state index in [2.05, 4.69) is 5.32 Å². The lowest BCUT2D eigenvalue weighted by Gasteiger charge is -2.24. The molecule has 1 aromatic carbocycles. The summed E-state index contributed by atoms with van der Waals surface area (Å²) >= 11 is 0. The van der Waals surface area contributed by atoms with Crippen molar-refractivity contribution in [3.8, 4) is 0 Å². The highest BCUT2D eigenvalue weighted by Crippen LogP contribution is 2.13. The van der Waals surface area contributed by atoms with Crippen LogP contribution in [0.25, 0.3) is 0 Å². The van der Waals surface area contributed by atoms with E-state index in [0.29, 0.717) is 13.0 Å². The lowest BCUT2D eigenvalue weighted by Crippen LogP contribution is -2.39. The van der Waals surface area contributed by atoms with Gasteiger partial charge in [-0.05, 0) is 32.0 Å². The van der Waals surface area contributed by atoms with Crippen molar-refractivity contribution in [3.05, 3.63) is 30.1 Å². The van der Waals surface area contributed by atoms with Crippen LogP contribution in [0.2, 0.25) is 0 Å². The molecular weight excluding hydrogens is 221 g/mol. The van der Waals surface area contributed by atoms with Gasteiger partial charge in [0.15, 0.2) is 0 Å². The number of carbonyl (C=O) groups is 1. The molecule has 3 N–H and O–H groups in total. The van der Waals surface area contributed by atoms with Gasteiger partial charge < -0.3 is 16.0 Å². The van der Waals surface area contributed by atoms with Crippen LogP contribution >= 0.6 is 0 Å². The van der Waals surface area contributed by atoms with E-state index in [4.69, 9.17) is 5.73 Å². The predicted octanol–water partition coefficient (Wildman–Crippen LogP) is 2.03. The van der Waals surface area contributed by atoms with Crippen molar-refractivity contribution < 1.29 is 9.18 Å². The van der Waals surface area contributed by atoms with E-state index >= 15 is 0 Å². The van der Waals surface area contributed by atoms with Gasteiger partial charge in [-0.1, -0.05) is 12.1 Å². The smallest absolute Gasteiger partial charge is 0.321 e. The maximum Gasteiger partial charge on any atom is 0.321 e. The van der Waals surface area contributed by atoms with Crippen LogP contribution in [0.5, 0.6) is 0 Å². The molecule has 0 saturated carbocycles. The highest BCUT2D eigenvalue weighted by molar-refractivity contribution is 5.89. The Bertz CT molecular complexity index is 384. The molecular formula is C12H18FN3O. The first kappa shape index (κ1) is 13.4. The second-order valence-corrected chi connectivity index (χ2v) is 3.95. The molecule has 94 valence electrons. The van der Waals surface area contributed by atoms with E-state index in [-0.39, 0.29) is 17.8 Å². The average molecular weight is 239 g/mol. The van der Waals surface area contributed by atoms with Gasteiger partial charge in [0.1, 0.15) is 5.82 Å². The highest BCUT2D eigenvalue weighted by atomic mass is 19.1. The van der Waals surface area contributed by atoms with Crippen LogP contribution in [0, 0.1) is 5.82 Å². The van der Waals surface area contributed by atoms with Gasteiger partial charge in [0.25, 0.3) is 0 Å². The number of halogens is 1. The summed E-state index contributed by atoms with van der Waals surface area (Å²) in [5, 5.41) is 2.52. The van der Waals surface area contributed by atoms with E-state index in [0.717, 1.165) is 0 Å². The SMILES string of the molecule is CC(CCN)N(C)C(=O)Nc1ccccc1F. The van der Waals surface area contributed by atoms with Crippen LogP contribution in [0.1, 0.15) is 13.3 Å². The third-order valence-corrected chi connectivity index (χ3v) is 2.68. The Labute approximate surface area is 101 Å². The molecule has 0 aliphatic heterocycles. The standard InChI is InChI=1S/C12H18FN3O/c1-9(7-8-14)16(2)12(17)15-11-6-4-3-5-10(11)13/h3-6,9H,7-8,14H2,1-2H3,(H,15,17). The van der Waals surface area contributed by atoms with Crippen molar-refractivity contribution in [3.63, 3.8) is 0 Å². The first-order valence-electron chi connectivity index (χ1n) is 5.54. The summed E-state index contributed by atoms with van der Waals surface area (Å²) in [6, 6.07) is 5.75. The molecule has 0 saturated heterocycles. The minimum absolute atomic E-state index is 0.0202. The molecule has 0 radical (unpaired) electrons. The van der Waals surface area contributed by atoms with Gasteiger partial charge in [0, 0.05) is 13.1 Å². The molecule has 1 atom stereocenters. The minimum Gasteiger partial charge on any atom is -0.330 e. The molecule has 1 aromatic rings. The second kappa shape index (κ2) is 6.20. The summed E-state index contributed by atoms with van der Waals surface area (Å²) < 4.78 is 13.3. The molecule has 4 nitrogen and oxygen atoms in total. The third-order valence-electron chi connectivity index (χ3n) is 2.68. The highest BCUT2D eigenvalue weighted by Gasteiger charge is 2.15. The molecule has 5 heteroatoms. The number of nitrogens with one attached hydrogen (secondary N) is 1. The van der Waals surface area contributed by atoms with Crippen LogP contribution in [0.4, 0.5) is 14.9 Å². The first-order valence-corrected chi connectivity index (χ1v) is 5.54. The Morgan fingerprint density at radius 3 is 2.76 bits per heavy atom. The van der Waals surface area contributed by atoms with Gasteiger partial charge in [0.05, 0.1) is 5.69 Å². The summed E-state index contributed by atoms with van der Waals surface area (Å²) in [5.74, 6) is -0.444. The molecule has 0 spiro atoms. The normalized spacial score (nSPS) is 12.0. The first-order chi connectivity index (χ1) is 8.06. The number of rotatable bonds is 4. The molecule has 17 heavy (non-hydrogen) atoms. The largest absolute Gasteiger partial charge is 0.330 e. The molecule has 0 bridgehead atoms. The van der Waals surface area contributed by atoms with Gasteiger partial charge in [-0.15, -0.1) is 0 Å². The van der Waals surface area contributed by atoms with Crippen molar-refractivity contribution in [1.29, 1.82) is 0 Å². The summed E-state index contributed by atoms with van der Waals surface area (Å²) in [6.45, 7) is 2.41. The van der Waals surface area contributed by atoms with Gasteiger partial charge in [0.2, 0.25) is 0 Å². The van der Waals surface area contributed by atoms with Crippen LogP contribution < -0.4 is 11.1 Å². The number of para-hydroxylation sites is 1. The van der Waals surface area contributed by atoms with Gasteiger partial charge in [-0.25, -0.2) is 9.18 Å². The molecule has 0 aliphatic carbocycles. The maximum atomic E-state index is 13.3. The molecule has 0 aromatic heterocycles. The quantitative estimate of drug-likeness (QED) is 0.844. The average Bonchev–Trinajstić information content (AvgIpc) is 2.31. The van der Waals surface area contributed by atoms with Crippen molar-refractivity contribution >= 4 is 11.7 Å². The lowest BCUT2D eigenvalue weighted by atomic mass is 10.2. The molecule has 1 rings (SSSR count). The van der Waals surface area contributed by atoms with Crippen molar-refractivity contribution in [2.45, 2.75) is 19.4 Å². The van der Waals surface area contributed by atoms with Gasteiger partial charge in [-0.2, -0.15) is 0 Å². The number of nitrogens with two attached hydrogens (primary N) is 1. The molecule has 0 heterocycles. The third kappa shape index (κ3) is 3.71. The zero-order chi connectivity index (χ0) is 12.8. The zero-order valence-electron chi connectivity index (χ0n) is 10.1. The predicted molar refractivity (Wildman–Crippen MR) is 66.3 cm³/mol. The number of hydrogen-bond acceptors (Lipinski definition) is 2. The summed E-state index contributed by atoms with van der Waals surface area (Å²) in [5.41, 5.74) is 5.61. The summed E-state index contributed by atoms with van der Waals surface area (Å²) in [7, 11) is 1.66. The van der Waals surface area contributed by atoms with Crippen LogP contribution in [-0.2, 0) is 0 Å². The van der Waals surface area contributed by atoms with E-state index in [9.17, 15) is 9.18 Å². The molecule has 2 amide bonds. The van der Waals surface area contributed by atoms with Crippen LogP contribution in [-0.4, -0.2) is 30.6 Å². The van der Waals surface area contributed by atoms with Crippen molar-refractivity contribution in [1.82, 2.24) is 4.90 Å². The monoisotopic (exact) mass is 239 g/mol. The lowest BCUT2D eigenvalue weighted by molar-refractivity contribution is 0.205. The van der Waals surface area contributed by atoms with E-state index in [1.807, 2.05) is 6.92 Å². The Kier molecular flexibility index (Phi) is 4.90. The van der Waals surface area contributed by atoms with E-state index in [1.54, 1.807) is 19.2 Å². The van der Waals surface area contributed by atoms with E-state index < -0.39 is 5.82 Å². The topological polar surface area (TPSA) is 58.4 Å². The number of amides is 2. The summed E-state index contributed by atoms with van der Waals surface area (Å²) in [6.07, 6.45) is 0.710. The maximum absolute atomic E-state index is 13.3. The molecule has 1 unspecified atom stereocenters. The van der Waals surface area contributed by atoms with E-state index in [1.165, 1.54) is 17.0 Å². The molecule has 0 fully saturated rings. The Balaban J connectivity index is 2.63. The van der Waals surface area contributed by atoms with Gasteiger partial charge >= 0.3 is 6.03 Å². The fraction of sp³-hybridized carbons (Fsp3) is 0.417. The molecule has 0 aliphatic rings. The number of hydrogen-bond donors (Lipinski definition) is 2. The number of nitrogens with zero attached hydrogens (tertiary/aromatic N) is 1. The zero-order valence-corrected chi connectivity index (χ0v) is 10.1. The van der Waals surface area contributed by atoms with Crippen LogP contribution in [0.15, 0.2) is 24.3 Å². The van der Waals surface area contributed by atoms with Gasteiger partial charge in [-0.3, -0.25) is 0 Å². The minimum atomic E-state index is -0.444. The summed E-state index contributed by atoms with van der Waals surface area (Å²) in [4.78, 5) is 13.3. The van der Waals surface area contributed by atoms with Crippen molar-refractivity contribution in [2.75, 3.05) is 18.9 Å².